The van der Waals surface area contributed by atoms with E-state index in [9.17, 15) is 19.2 Å². The number of aryl methyl sites for hydroxylation is 1. The van der Waals surface area contributed by atoms with E-state index in [-0.39, 0.29) is 18.2 Å². The zero-order chi connectivity index (χ0) is 34.8. The molecule has 1 heterocycles. The number of benzene rings is 4. The van der Waals surface area contributed by atoms with Crippen molar-refractivity contribution in [2.24, 2.45) is 0 Å². The van der Waals surface area contributed by atoms with Crippen molar-refractivity contribution in [3.05, 3.63) is 143 Å². The largest absolute Gasteiger partial charge is 0.462 e. The van der Waals surface area contributed by atoms with Crippen LogP contribution in [0.25, 0.3) is 17.2 Å². The zero-order valence-corrected chi connectivity index (χ0v) is 28.8. The third kappa shape index (κ3) is 9.34. The molecule has 5 rings (SSSR count). The number of ether oxygens (including phenoxy) is 1. The molecule has 0 fully saturated rings. The fourth-order valence-corrected chi connectivity index (χ4v) is 6.66. The van der Waals surface area contributed by atoms with Gasteiger partial charge in [-0.2, -0.15) is 0 Å². The van der Waals surface area contributed by atoms with Crippen molar-refractivity contribution in [2.75, 3.05) is 17.2 Å². The topological polar surface area (TPSA) is 114 Å². The van der Waals surface area contributed by atoms with Crippen molar-refractivity contribution in [1.82, 2.24) is 5.32 Å². The van der Waals surface area contributed by atoms with Gasteiger partial charge in [-0.1, -0.05) is 84.4 Å². The van der Waals surface area contributed by atoms with Gasteiger partial charge < -0.3 is 20.7 Å². The number of carbonyl (C=O) groups is 4. The van der Waals surface area contributed by atoms with Crippen LogP contribution < -0.4 is 16.0 Å². The fourth-order valence-electron chi connectivity index (χ4n) is 4.77. The van der Waals surface area contributed by atoms with Crippen molar-refractivity contribution < 1.29 is 23.9 Å². The highest BCUT2D eigenvalue weighted by Crippen LogP contribution is 2.37. The fraction of sp³-hybridized carbons (Fsp3) is 0.128. The molecule has 0 saturated heterocycles. The minimum absolute atomic E-state index is 0.0757. The Morgan fingerprint density at radius 1 is 0.857 bits per heavy atom. The van der Waals surface area contributed by atoms with E-state index < -0.39 is 23.0 Å². The monoisotopic (exact) mass is 689 g/mol. The van der Waals surface area contributed by atoms with Crippen LogP contribution in [0.3, 0.4) is 0 Å². The number of rotatable bonds is 12. The van der Waals surface area contributed by atoms with Gasteiger partial charge in [0, 0.05) is 27.1 Å². The molecule has 0 spiro atoms. The standard InChI is InChI=1S/C39H35N3O5S2/c1-4-47-39(46)34-32(28-12-7-5-8-13-28)24-48-38(34)42-35(43)26(3)49-31-17-11-16-30(23-31)40-37(45)33(22-27-20-18-25(2)19-21-27)41-36(44)29-14-9-6-10-15-29/h5-24,26H,4H2,1-3H3,(H,40,45)(H,41,44)(H,42,43)/b33-22+. The van der Waals surface area contributed by atoms with Crippen LogP contribution in [-0.4, -0.2) is 35.5 Å². The van der Waals surface area contributed by atoms with Crippen molar-refractivity contribution in [2.45, 2.75) is 30.9 Å². The van der Waals surface area contributed by atoms with E-state index in [1.165, 1.54) is 23.1 Å². The SMILES string of the molecule is CCOC(=O)c1c(-c2ccccc2)csc1NC(=O)C(C)Sc1cccc(NC(=O)/C(=C\c2ccc(C)cc2)NC(=O)c2ccccc2)c1. The van der Waals surface area contributed by atoms with Crippen LogP contribution in [0, 0.1) is 6.92 Å². The first-order valence-corrected chi connectivity index (χ1v) is 17.4. The molecule has 1 aromatic heterocycles. The molecule has 3 amide bonds. The van der Waals surface area contributed by atoms with Crippen LogP contribution in [-0.2, 0) is 14.3 Å². The smallest absolute Gasteiger partial charge is 0.341 e. The predicted octanol–water partition coefficient (Wildman–Crippen LogP) is 8.43. The Morgan fingerprint density at radius 3 is 2.24 bits per heavy atom. The second-order valence-electron chi connectivity index (χ2n) is 11.0. The van der Waals surface area contributed by atoms with Crippen LogP contribution in [0.4, 0.5) is 10.7 Å². The lowest BCUT2D eigenvalue weighted by molar-refractivity contribution is -0.115. The van der Waals surface area contributed by atoms with Gasteiger partial charge in [-0.25, -0.2) is 4.79 Å². The number of hydrogen-bond donors (Lipinski definition) is 3. The number of esters is 1. The summed E-state index contributed by atoms with van der Waals surface area (Å²) in [5, 5.41) is 10.3. The van der Waals surface area contributed by atoms with Gasteiger partial charge in [0.05, 0.1) is 11.9 Å². The lowest BCUT2D eigenvalue weighted by atomic mass is 10.0. The third-order valence-corrected chi connectivity index (χ3v) is 9.27. The Kier molecular flexibility index (Phi) is 11.8. The molecule has 8 nitrogen and oxygen atoms in total. The van der Waals surface area contributed by atoms with Crippen LogP contribution in [0.2, 0.25) is 0 Å². The van der Waals surface area contributed by atoms with Gasteiger partial charge in [-0.05, 0) is 68.3 Å². The molecule has 0 radical (unpaired) electrons. The summed E-state index contributed by atoms with van der Waals surface area (Å²) >= 11 is 2.57. The molecule has 248 valence electrons. The summed E-state index contributed by atoms with van der Waals surface area (Å²) < 4.78 is 5.32. The van der Waals surface area contributed by atoms with Crippen LogP contribution >= 0.6 is 23.1 Å². The Morgan fingerprint density at radius 2 is 1.55 bits per heavy atom. The van der Waals surface area contributed by atoms with E-state index in [0.717, 1.165) is 21.6 Å². The Balaban J connectivity index is 1.30. The Hall–Kier alpha value is -5.45. The summed E-state index contributed by atoms with van der Waals surface area (Å²) in [4.78, 5) is 53.6. The van der Waals surface area contributed by atoms with Gasteiger partial charge in [0.25, 0.3) is 11.8 Å². The van der Waals surface area contributed by atoms with Crippen LogP contribution in [0.15, 0.2) is 125 Å². The highest BCUT2D eigenvalue weighted by Gasteiger charge is 2.25. The van der Waals surface area contributed by atoms with Crippen molar-refractivity contribution >= 4 is 63.6 Å². The van der Waals surface area contributed by atoms with E-state index in [2.05, 4.69) is 16.0 Å². The summed E-state index contributed by atoms with van der Waals surface area (Å²) in [6.07, 6.45) is 1.62. The second-order valence-corrected chi connectivity index (χ2v) is 13.3. The van der Waals surface area contributed by atoms with Gasteiger partial charge >= 0.3 is 5.97 Å². The zero-order valence-electron chi connectivity index (χ0n) is 27.2. The maximum absolute atomic E-state index is 13.5. The van der Waals surface area contributed by atoms with E-state index in [0.29, 0.717) is 27.4 Å². The number of amides is 3. The summed E-state index contributed by atoms with van der Waals surface area (Å²) in [6, 6.07) is 32.8. The molecule has 3 N–H and O–H groups in total. The Bertz CT molecular complexity index is 1970. The molecule has 0 saturated carbocycles. The van der Waals surface area contributed by atoms with Gasteiger partial charge in [-0.3, -0.25) is 14.4 Å². The van der Waals surface area contributed by atoms with Gasteiger partial charge in [0.15, 0.2) is 0 Å². The van der Waals surface area contributed by atoms with Gasteiger partial charge in [-0.15, -0.1) is 23.1 Å². The highest BCUT2D eigenvalue weighted by molar-refractivity contribution is 8.00. The lowest BCUT2D eigenvalue weighted by Gasteiger charge is -2.14. The number of anilines is 2. The molecule has 0 aliphatic carbocycles. The number of hydrogen-bond acceptors (Lipinski definition) is 7. The average Bonchev–Trinajstić information content (AvgIpc) is 3.53. The molecule has 1 unspecified atom stereocenters. The number of thioether (sulfide) groups is 1. The van der Waals surface area contributed by atoms with E-state index in [4.69, 9.17) is 4.74 Å². The lowest BCUT2D eigenvalue weighted by Crippen LogP contribution is -2.30. The molecule has 10 heteroatoms. The van der Waals surface area contributed by atoms with Crippen LogP contribution in [0.5, 0.6) is 0 Å². The van der Waals surface area contributed by atoms with E-state index >= 15 is 0 Å². The van der Waals surface area contributed by atoms with E-state index in [1.54, 1.807) is 62.4 Å². The van der Waals surface area contributed by atoms with Gasteiger partial charge in [0.2, 0.25) is 5.91 Å². The highest BCUT2D eigenvalue weighted by atomic mass is 32.2. The summed E-state index contributed by atoms with van der Waals surface area (Å²) in [5.74, 6) is -1.71. The molecule has 5 aromatic rings. The minimum Gasteiger partial charge on any atom is -0.462 e. The summed E-state index contributed by atoms with van der Waals surface area (Å²) in [7, 11) is 0. The van der Waals surface area contributed by atoms with E-state index in [1.807, 2.05) is 79.0 Å². The molecule has 0 aliphatic heterocycles. The first-order chi connectivity index (χ1) is 23.7. The van der Waals surface area contributed by atoms with Gasteiger partial charge in [0.1, 0.15) is 16.3 Å². The number of carbonyl (C=O) groups excluding carboxylic acids is 4. The second kappa shape index (κ2) is 16.6. The summed E-state index contributed by atoms with van der Waals surface area (Å²) in [6.45, 7) is 5.68. The first-order valence-electron chi connectivity index (χ1n) is 15.6. The first kappa shape index (κ1) is 34.9. The van der Waals surface area contributed by atoms with Crippen molar-refractivity contribution in [1.29, 1.82) is 0 Å². The Labute approximate surface area is 293 Å². The molecular formula is C39H35N3O5S2. The maximum atomic E-state index is 13.5. The summed E-state index contributed by atoms with van der Waals surface area (Å²) in [5.41, 5.74) is 4.67. The molecule has 0 aliphatic rings. The normalized spacial score (nSPS) is 11.7. The predicted molar refractivity (Wildman–Crippen MR) is 198 cm³/mol. The molecule has 0 bridgehead atoms. The number of thiophene rings is 1. The van der Waals surface area contributed by atoms with Crippen LogP contribution in [0.1, 0.15) is 45.7 Å². The number of nitrogens with one attached hydrogen (secondary N) is 3. The van der Waals surface area contributed by atoms with Crippen molar-refractivity contribution in [3.8, 4) is 11.1 Å². The molecule has 49 heavy (non-hydrogen) atoms. The quantitative estimate of drug-likeness (QED) is 0.0689. The molecule has 1 atom stereocenters. The molecule has 4 aromatic carbocycles. The average molecular weight is 690 g/mol. The molecular weight excluding hydrogens is 655 g/mol. The maximum Gasteiger partial charge on any atom is 0.341 e. The third-order valence-electron chi connectivity index (χ3n) is 7.28. The minimum atomic E-state index is -0.551. The van der Waals surface area contributed by atoms with Crippen molar-refractivity contribution in [3.63, 3.8) is 0 Å².